The third-order valence-corrected chi connectivity index (χ3v) is 2.21. The number of carbonyl (C=O) groups is 1. The van der Waals surface area contributed by atoms with Gasteiger partial charge in [-0.2, -0.15) is 0 Å². The van der Waals surface area contributed by atoms with Gasteiger partial charge in [-0.05, 0) is 0 Å². The van der Waals surface area contributed by atoms with E-state index >= 15 is 0 Å². The summed E-state index contributed by atoms with van der Waals surface area (Å²) in [6.07, 6.45) is 0. The lowest BCUT2D eigenvalue weighted by molar-refractivity contribution is -0.131. The minimum absolute atomic E-state index is 0.291. The maximum absolute atomic E-state index is 10.7. The molecule has 0 heterocycles. The van der Waals surface area contributed by atoms with Crippen molar-refractivity contribution < 1.29 is 9.53 Å². The molecule has 0 aliphatic carbocycles. The molecule has 3 heteroatoms. The molecule has 0 spiro atoms. The van der Waals surface area contributed by atoms with Crippen LogP contribution in [0.4, 0.5) is 0 Å². The Morgan fingerprint density at radius 2 is 2.08 bits per heavy atom. The van der Waals surface area contributed by atoms with Crippen LogP contribution in [0.1, 0.15) is 0 Å². The maximum atomic E-state index is 10.7. The number of rotatable bonds is 2. The zero-order chi connectivity index (χ0) is 8.81. The van der Waals surface area contributed by atoms with Gasteiger partial charge in [-0.1, -0.05) is 38.5 Å². The van der Waals surface area contributed by atoms with E-state index in [2.05, 4.69) is 4.74 Å². The number of benzene rings is 1. The molecule has 62 valence electrons. The molecule has 0 aliphatic heterocycles. The average Bonchev–Trinajstić information content (AvgIpc) is 2.16. The summed E-state index contributed by atoms with van der Waals surface area (Å²) in [6.45, 7) is 0. The Morgan fingerprint density at radius 3 is 2.67 bits per heavy atom. The van der Waals surface area contributed by atoms with Gasteiger partial charge >= 0.3 is 5.97 Å². The van der Waals surface area contributed by atoms with E-state index in [0.29, 0.717) is 0 Å². The normalized spacial score (nSPS) is 10.1. The Balaban J connectivity index is 2.64. The van der Waals surface area contributed by atoms with Gasteiger partial charge in [-0.3, -0.25) is 0 Å². The van der Waals surface area contributed by atoms with E-state index in [1.807, 2.05) is 30.3 Å². The second kappa shape index (κ2) is 4.68. The van der Waals surface area contributed by atoms with E-state index in [0.717, 1.165) is 13.5 Å². The SMILES string of the molecule is COC(=O)C=Pc1ccccc1. The minimum atomic E-state index is -0.291. The van der Waals surface area contributed by atoms with Crippen molar-refractivity contribution in [2.24, 2.45) is 0 Å². The predicted octanol–water partition coefficient (Wildman–Crippen LogP) is 1.23. The molecular weight excluding hydrogens is 171 g/mol. The van der Waals surface area contributed by atoms with Crippen LogP contribution in [0.15, 0.2) is 30.3 Å². The van der Waals surface area contributed by atoms with Gasteiger partial charge in [0.1, 0.15) is 0 Å². The van der Waals surface area contributed by atoms with Gasteiger partial charge in [0.05, 0.1) is 12.9 Å². The Morgan fingerprint density at radius 1 is 1.42 bits per heavy atom. The smallest absolute Gasteiger partial charge is 0.335 e. The quantitative estimate of drug-likeness (QED) is 0.505. The van der Waals surface area contributed by atoms with E-state index in [1.54, 1.807) is 0 Å². The molecule has 12 heavy (non-hydrogen) atoms. The standard InChI is InChI=1S/C9H9O2P/c1-11-9(10)7-12-8-5-3-2-4-6-8/h2-7H,1H3. The maximum Gasteiger partial charge on any atom is 0.335 e. The first-order valence-corrected chi connectivity index (χ1v) is 4.46. The van der Waals surface area contributed by atoms with Gasteiger partial charge in [0.2, 0.25) is 0 Å². The zero-order valence-corrected chi connectivity index (χ0v) is 7.62. The Hall–Kier alpha value is -1.14. The van der Waals surface area contributed by atoms with Crippen LogP contribution in [0.3, 0.4) is 0 Å². The number of hydrogen-bond donors (Lipinski definition) is 0. The topological polar surface area (TPSA) is 26.3 Å². The van der Waals surface area contributed by atoms with Crippen LogP contribution in [-0.2, 0) is 9.53 Å². The monoisotopic (exact) mass is 180 g/mol. The van der Waals surface area contributed by atoms with E-state index in [4.69, 9.17) is 0 Å². The second-order valence-electron chi connectivity index (χ2n) is 2.12. The first-order valence-electron chi connectivity index (χ1n) is 3.50. The third-order valence-electron chi connectivity index (χ3n) is 1.28. The molecular formula is C9H9O2P. The first kappa shape index (κ1) is 8.95. The van der Waals surface area contributed by atoms with Gasteiger partial charge < -0.3 is 4.74 Å². The lowest BCUT2D eigenvalue weighted by atomic mass is 10.4. The van der Waals surface area contributed by atoms with Gasteiger partial charge in [0.15, 0.2) is 0 Å². The molecule has 1 aromatic rings. The van der Waals surface area contributed by atoms with Crippen molar-refractivity contribution in [2.45, 2.75) is 0 Å². The minimum Gasteiger partial charge on any atom is -0.466 e. The van der Waals surface area contributed by atoms with Gasteiger partial charge in [-0.15, -0.1) is 0 Å². The Bertz CT molecular complexity index is 280. The molecule has 2 nitrogen and oxygen atoms in total. The van der Waals surface area contributed by atoms with Gasteiger partial charge in [0, 0.05) is 5.30 Å². The molecule has 0 atom stereocenters. The summed E-state index contributed by atoms with van der Waals surface area (Å²) >= 11 is 0. The van der Waals surface area contributed by atoms with Gasteiger partial charge in [-0.25, -0.2) is 4.79 Å². The average molecular weight is 180 g/mol. The highest BCUT2D eigenvalue weighted by Crippen LogP contribution is 1.95. The summed E-state index contributed by atoms with van der Waals surface area (Å²) in [5.74, 6) is 1.20. The number of ether oxygens (including phenoxy) is 1. The molecule has 0 aliphatic rings. The molecule has 0 radical (unpaired) electrons. The summed E-state index contributed by atoms with van der Waals surface area (Å²) in [6, 6.07) is 9.74. The predicted molar refractivity (Wildman–Crippen MR) is 51.1 cm³/mol. The fourth-order valence-electron chi connectivity index (χ4n) is 0.694. The van der Waals surface area contributed by atoms with Crippen LogP contribution in [-0.4, -0.2) is 18.9 Å². The summed E-state index contributed by atoms with van der Waals surface area (Å²) in [7, 11) is 2.25. The number of methoxy groups -OCH3 is 1. The van der Waals surface area contributed by atoms with Crippen LogP contribution < -0.4 is 5.30 Å². The third kappa shape index (κ3) is 2.85. The molecule has 0 saturated heterocycles. The number of carbonyl (C=O) groups excluding carboxylic acids is 1. The molecule has 0 fully saturated rings. The highest BCUT2D eigenvalue weighted by Gasteiger charge is 1.90. The first-order chi connectivity index (χ1) is 5.83. The zero-order valence-electron chi connectivity index (χ0n) is 6.73. The molecule has 0 N–H and O–H groups in total. The molecule has 1 aromatic carbocycles. The largest absolute Gasteiger partial charge is 0.466 e. The van der Waals surface area contributed by atoms with Gasteiger partial charge in [0.25, 0.3) is 0 Å². The lowest BCUT2D eigenvalue weighted by Gasteiger charge is -1.90. The molecule has 0 aromatic heterocycles. The summed E-state index contributed by atoms with van der Waals surface area (Å²) in [4.78, 5) is 10.7. The van der Waals surface area contributed by atoms with Crippen LogP contribution in [0.5, 0.6) is 0 Å². The molecule has 1 rings (SSSR count). The summed E-state index contributed by atoms with van der Waals surface area (Å²) in [5, 5.41) is 1.09. The van der Waals surface area contributed by atoms with Crippen molar-refractivity contribution in [1.82, 2.24) is 0 Å². The second-order valence-corrected chi connectivity index (χ2v) is 3.15. The van der Waals surface area contributed by atoms with Crippen LogP contribution in [0.2, 0.25) is 0 Å². The van der Waals surface area contributed by atoms with Crippen molar-refractivity contribution in [1.29, 1.82) is 0 Å². The van der Waals surface area contributed by atoms with Crippen LogP contribution in [0, 0.1) is 0 Å². The van der Waals surface area contributed by atoms with E-state index in [-0.39, 0.29) is 5.97 Å². The molecule has 0 saturated carbocycles. The van der Waals surface area contributed by atoms with Crippen molar-refractivity contribution >= 4 is 25.3 Å². The lowest BCUT2D eigenvalue weighted by Crippen LogP contribution is -2.00. The number of esters is 1. The van der Waals surface area contributed by atoms with E-state index in [9.17, 15) is 4.79 Å². The van der Waals surface area contributed by atoms with Crippen LogP contribution >= 0.6 is 8.20 Å². The molecule has 0 amide bonds. The fourth-order valence-corrected chi connectivity index (χ4v) is 1.40. The van der Waals surface area contributed by atoms with E-state index in [1.165, 1.54) is 12.9 Å². The number of hydrogen-bond acceptors (Lipinski definition) is 2. The molecule has 0 unspecified atom stereocenters. The molecule has 0 bridgehead atoms. The van der Waals surface area contributed by atoms with Crippen molar-refractivity contribution in [2.75, 3.05) is 7.11 Å². The van der Waals surface area contributed by atoms with E-state index < -0.39 is 0 Å². The summed E-state index contributed by atoms with van der Waals surface area (Å²) in [5.41, 5.74) is 0. The van der Waals surface area contributed by atoms with Crippen LogP contribution in [0.25, 0.3) is 0 Å². The Kier molecular flexibility index (Phi) is 3.49. The highest BCUT2D eigenvalue weighted by molar-refractivity contribution is 7.49. The van der Waals surface area contributed by atoms with Crippen molar-refractivity contribution in [3.63, 3.8) is 0 Å². The fraction of sp³-hybridized carbons (Fsp3) is 0.111. The Labute approximate surface area is 73.0 Å². The van der Waals surface area contributed by atoms with Crippen molar-refractivity contribution in [3.05, 3.63) is 30.3 Å². The summed E-state index contributed by atoms with van der Waals surface area (Å²) < 4.78 is 4.47. The van der Waals surface area contributed by atoms with Crippen molar-refractivity contribution in [3.8, 4) is 0 Å². The highest BCUT2D eigenvalue weighted by atomic mass is 31.1.